The zero-order valence-electron chi connectivity index (χ0n) is 15.1. The van der Waals surface area contributed by atoms with Gasteiger partial charge in [0.15, 0.2) is 5.82 Å². The van der Waals surface area contributed by atoms with Crippen LogP contribution in [0, 0.1) is 5.82 Å². The van der Waals surface area contributed by atoms with Gasteiger partial charge >= 0.3 is 0 Å². The van der Waals surface area contributed by atoms with E-state index in [4.69, 9.17) is 4.52 Å². The summed E-state index contributed by atoms with van der Waals surface area (Å²) in [5.74, 6) is 1.24. The summed E-state index contributed by atoms with van der Waals surface area (Å²) in [7, 11) is 0. The predicted molar refractivity (Wildman–Crippen MR) is 101 cm³/mol. The molecule has 27 heavy (non-hydrogen) atoms. The van der Waals surface area contributed by atoms with Gasteiger partial charge < -0.3 is 9.84 Å². The Morgan fingerprint density at radius 3 is 2.59 bits per heavy atom. The molecule has 0 spiro atoms. The lowest BCUT2D eigenvalue weighted by Crippen LogP contribution is -2.45. The first kappa shape index (κ1) is 16.6. The first-order valence-electron chi connectivity index (χ1n) is 9.63. The van der Waals surface area contributed by atoms with Crippen molar-refractivity contribution in [2.45, 2.75) is 43.1 Å². The Bertz CT molecular complexity index is 935. The Balaban J connectivity index is 1.29. The molecule has 0 bridgehead atoms. The first-order chi connectivity index (χ1) is 13.3. The van der Waals surface area contributed by atoms with Crippen molar-refractivity contribution >= 4 is 0 Å². The molecule has 0 radical (unpaired) electrons. The Hall–Kier alpha value is -2.53. The van der Waals surface area contributed by atoms with Crippen molar-refractivity contribution in [2.75, 3.05) is 6.54 Å². The highest BCUT2D eigenvalue weighted by Crippen LogP contribution is 2.45. The number of benzene rings is 2. The van der Waals surface area contributed by atoms with E-state index in [1.165, 1.54) is 18.1 Å². The Labute approximate surface area is 157 Å². The monoisotopic (exact) mass is 363 g/mol. The highest BCUT2D eigenvalue weighted by atomic mass is 19.1. The number of rotatable bonds is 6. The maximum atomic E-state index is 14.0. The maximum Gasteiger partial charge on any atom is 0.260 e. The largest absolute Gasteiger partial charge is 0.334 e. The minimum atomic E-state index is -0.336. The number of aromatic nitrogens is 2. The van der Waals surface area contributed by atoms with Crippen molar-refractivity contribution in [1.29, 1.82) is 0 Å². The molecule has 0 saturated heterocycles. The molecule has 2 fully saturated rings. The third-order valence-electron chi connectivity index (χ3n) is 6.04. The quantitative estimate of drug-likeness (QED) is 0.703. The summed E-state index contributed by atoms with van der Waals surface area (Å²) < 4.78 is 19.4. The molecule has 1 aromatic heterocycles. The summed E-state index contributed by atoms with van der Waals surface area (Å²) in [6.45, 7) is 0.844. The molecule has 2 saturated carbocycles. The van der Waals surface area contributed by atoms with Gasteiger partial charge in [0.25, 0.3) is 5.89 Å². The van der Waals surface area contributed by atoms with Gasteiger partial charge in [0.05, 0.1) is 5.56 Å². The van der Waals surface area contributed by atoms with Gasteiger partial charge in [-0.3, -0.25) is 0 Å². The van der Waals surface area contributed by atoms with Crippen LogP contribution >= 0.6 is 0 Å². The van der Waals surface area contributed by atoms with E-state index < -0.39 is 0 Å². The summed E-state index contributed by atoms with van der Waals surface area (Å²) in [6, 6.07) is 17.7. The maximum absolute atomic E-state index is 14.0. The van der Waals surface area contributed by atoms with Gasteiger partial charge in [-0.1, -0.05) is 54.0 Å². The molecule has 0 aliphatic heterocycles. The minimum absolute atomic E-state index is 0.0865. The standard InChI is InChI=1S/C22H22FN3O/c23-18-10-5-4-9-16(18)20-25-21(26-27-20)22(11-6-12-22)14-24-19-13-17(19)15-7-2-1-3-8-15/h1-5,7-10,17,19,24H,6,11-14H2/t17-,19+/m1/s1. The van der Waals surface area contributed by atoms with Crippen LogP contribution in [-0.4, -0.2) is 22.7 Å². The molecule has 0 unspecified atom stereocenters. The lowest BCUT2D eigenvalue weighted by atomic mass is 9.68. The topological polar surface area (TPSA) is 51.0 Å². The smallest absolute Gasteiger partial charge is 0.260 e. The van der Waals surface area contributed by atoms with E-state index in [2.05, 4.69) is 45.8 Å². The molecular weight excluding hydrogens is 341 g/mol. The SMILES string of the molecule is Fc1ccccc1-c1nc(C2(CN[C@H]3C[C@@H]3c3ccccc3)CCC2)no1. The van der Waals surface area contributed by atoms with Crippen LogP contribution in [0.2, 0.25) is 0 Å². The van der Waals surface area contributed by atoms with Crippen molar-refractivity contribution in [3.05, 3.63) is 71.8 Å². The van der Waals surface area contributed by atoms with E-state index in [1.807, 2.05) is 0 Å². The summed E-state index contributed by atoms with van der Waals surface area (Å²) >= 11 is 0. The zero-order valence-corrected chi connectivity index (χ0v) is 15.1. The van der Waals surface area contributed by atoms with Crippen LogP contribution in [0.4, 0.5) is 4.39 Å². The van der Waals surface area contributed by atoms with Gasteiger partial charge in [-0.2, -0.15) is 4.98 Å². The Morgan fingerprint density at radius 2 is 1.85 bits per heavy atom. The van der Waals surface area contributed by atoms with Crippen LogP contribution < -0.4 is 5.32 Å². The van der Waals surface area contributed by atoms with Crippen molar-refractivity contribution in [3.8, 4) is 11.5 Å². The van der Waals surface area contributed by atoms with E-state index in [0.29, 0.717) is 23.3 Å². The summed E-state index contributed by atoms with van der Waals surface area (Å²) in [6.07, 6.45) is 4.42. The summed E-state index contributed by atoms with van der Waals surface area (Å²) in [5, 5.41) is 7.92. The van der Waals surface area contributed by atoms with Gasteiger partial charge in [-0.15, -0.1) is 0 Å². The van der Waals surface area contributed by atoms with Crippen molar-refractivity contribution in [1.82, 2.24) is 15.5 Å². The predicted octanol–water partition coefficient (Wildman–Crippen LogP) is 4.44. The lowest BCUT2D eigenvalue weighted by molar-refractivity contribution is 0.211. The number of nitrogens with zero attached hydrogens (tertiary/aromatic N) is 2. The molecule has 2 aliphatic carbocycles. The summed E-state index contributed by atoms with van der Waals surface area (Å²) in [4.78, 5) is 4.55. The Kier molecular flexibility index (Phi) is 4.05. The second-order valence-electron chi connectivity index (χ2n) is 7.78. The highest BCUT2D eigenvalue weighted by molar-refractivity contribution is 5.53. The van der Waals surface area contributed by atoms with E-state index in [0.717, 1.165) is 25.8 Å². The average molecular weight is 363 g/mol. The molecule has 5 heteroatoms. The third kappa shape index (κ3) is 3.06. The molecular formula is C22H22FN3O. The van der Waals surface area contributed by atoms with Crippen LogP contribution in [0.3, 0.4) is 0 Å². The second kappa shape index (κ2) is 6.57. The number of halogens is 1. The summed E-state index contributed by atoms with van der Waals surface area (Å²) in [5.41, 5.74) is 1.68. The number of hydrogen-bond acceptors (Lipinski definition) is 4. The van der Waals surface area contributed by atoms with E-state index in [9.17, 15) is 4.39 Å². The molecule has 5 rings (SSSR count). The van der Waals surface area contributed by atoms with Crippen LogP contribution in [0.25, 0.3) is 11.5 Å². The van der Waals surface area contributed by atoms with Crippen LogP contribution in [-0.2, 0) is 5.41 Å². The average Bonchev–Trinajstić information content (AvgIpc) is 3.28. The number of nitrogens with one attached hydrogen (secondary N) is 1. The van der Waals surface area contributed by atoms with Gasteiger partial charge in [-0.05, 0) is 37.0 Å². The van der Waals surface area contributed by atoms with Gasteiger partial charge in [0.1, 0.15) is 5.82 Å². The second-order valence-corrected chi connectivity index (χ2v) is 7.78. The van der Waals surface area contributed by atoms with Gasteiger partial charge in [0, 0.05) is 23.9 Å². The number of hydrogen-bond donors (Lipinski definition) is 1. The fourth-order valence-corrected chi connectivity index (χ4v) is 4.08. The third-order valence-corrected chi connectivity index (χ3v) is 6.04. The molecule has 2 aliphatic rings. The fourth-order valence-electron chi connectivity index (χ4n) is 4.08. The minimum Gasteiger partial charge on any atom is -0.334 e. The molecule has 138 valence electrons. The van der Waals surface area contributed by atoms with Crippen molar-refractivity contribution in [3.63, 3.8) is 0 Å². The molecule has 0 amide bonds. The van der Waals surface area contributed by atoms with E-state index in [1.54, 1.807) is 18.2 Å². The van der Waals surface area contributed by atoms with Crippen LogP contribution in [0.1, 0.15) is 43.0 Å². The normalized spacial score (nSPS) is 23.0. The van der Waals surface area contributed by atoms with Crippen LogP contribution in [0.15, 0.2) is 59.1 Å². The van der Waals surface area contributed by atoms with Crippen molar-refractivity contribution in [2.24, 2.45) is 0 Å². The highest BCUT2D eigenvalue weighted by Gasteiger charge is 2.46. The first-order valence-corrected chi connectivity index (χ1v) is 9.63. The molecule has 3 aromatic rings. The van der Waals surface area contributed by atoms with Gasteiger partial charge in [0.2, 0.25) is 0 Å². The molecule has 2 aromatic carbocycles. The fraction of sp³-hybridized carbons (Fsp3) is 0.364. The molecule has 4 nitrogen and oxygen atoms in total. The van der Waals surface area contributed by atoms with E-state index >= 15 is 0 Å². The Morgan fingerprint density at radius 1 is 1.07 bits per heavy atom. The van der Waals surface area contributed by atoms with Gasteiger partial charge in [-0.25, -0.2) is 4.39 Å². The zero-order chi connectivity index (χ0) is 18.3. The molecule has 1 N–H and O–H groups in total. The van der Waals surface area contributed by atoms with E-state index in [-0.39, 0.29) is 17.1 Å². The molecule has 2 atom stereocenters. The lowest BCUT2D eigenvalue weighted by Gasteiger charge is -2.39. The van der Waals surface area contributed by atoms with Crippen LogP contribution in [0.5, 0.6) is 0 Å². The van der Waals surface area contributed by atoms with Crippen molar-refractivity contribution < 1.29 is 8.91 Å². The molecule has 1 heterocycles.